The van der Waals surface area contributed by atoms with Crippen molar-refractivity contribution >= 4 is 33.6 Å². The minimum atomic E-state index is -0.215. The maximum Gasteiger partial charge on any atom is 0.311 e. The van der Waals surface area contributed by atoms with Gasteiger partial charge in [-0.15, -0.1) is 22.7 Å². The highest BCUT2D eigenvalue weighted by Gasteiger charge is 2.15. The maximum atomic E-state index is 11.6. The molecule has 3 aromatic rings. The first-order chi connectivity index (χ1) is 10.1. The summed E-state index contributed by atoms with van der Waals surface area (Å²) in [6, 6.07) is 0. The first-order valence-corrected chi connectivity index (χ1v) is 8.33. The second-order valence-corrected chi connectivity index (χ2v) is 6.87. The van der Waals surface area contributed by atoms with Gasteiger partial charge in [0, 0.05) is 22.1 Å². The van der Waals surface area contributed by atoms with Gasteiger partial charge in [-0.2, -0.15) is 0 Å². The number of nitrogens with zero attached hydrogens (tertiary/aromatic N) is 3. The van der Waals surface area contributed by atoms with Crippen LogP contribution in [0.25, 0.3) is 16.3 Å². The van der Waals surface area contributed by atoms with Crippen LogP contribution in [-0.2, 0) is 16.0 Å². The molecular formula is C14H15N3O2S2. The van der Waals surface area contributed by atoms with E-state index in [9.17, 15) is 4.79 Å². The Balaban J connectivity index is 1.96. The molecule has 3 aromatic heterocycles. The summed E-state index contributed by atoms with van der Waals surface area (Å²) in [6.45, 7) is 6.25. The summed E-state index contributed by atoms with van der Waals surface area (Å²) >= 11 is 3.19. The third-order valence-corrected chi connectivity index (χ3v) is 4.84. The van der Waals surface area contributed by atoms with Gasteiger partial charge in [0.15, 0.2) is 4.96 Å². The summed E-state index contributed by atoms with van der Waals surface area (Å²) in [5.41, 5.74) is 2.68. The van der Waals surface area contributed by atoms with Crippen LogP contribution < -0.4 is 0 Å². The van der Waals surface area contributed by atoms with Crippen LogP contribution >= 0.6 is 22.7 Å². The number of hydrogen-bond donors (Lipinski definition) is 0. The summed E-state index contributed by atoms with van der Waals surface area (Å²) in [7, 11) is 0. The standard InChI is InChI=1S/C14H15N3O2S2/c1-4-19-12(18)5-10-7-20-14-16-11(6-17(10)14)13-8(2)21-9(3)15-13/h6-7H,4-5H2,1-3H3. The van der Waals surface area contributed by atoms with Crippen LogP contribution in [0.1, 0.15) is 22.5 Å². The Kier molecular flexibility index (Phi) is 3.77. The van der Waals surface area contributed by atoms with E-state index in [1.165, 1.54) is 11.3 Å². The fourth-order valence-electron chi connectivity index (χ4n) is 2.20. The minimum absolute atomic E-state index is 0.215. The quantitative estimate of drug-likeness (QED) is 0.692. The van der Waals surface area contributed by atoms with Crippen molar-refractivity contribution in [2.75, 3.05) is 6.61 Å². The summed E-state index contributed by atoms with van der Waals surface area (Å²) in [4.78, 5) is 22.8. The second kappa shape index (κ2) is 5.57. The van der Waals surface area contributed by atoms with E-state index in [0.29, 0.717) is 6.61 Å². The van der Waals surface area contributed by atoms with Crippen molar-refractivity contribution in [1.29, 1.82) is 0 Å². The molecule has 3 rings (SSSR count). The van der Waals surface area contributed by atoms with Gasteiger partial charge in [-0.3, -0.25) is 9.20 Å². The minimum Gasteiger partial charge on any atom is -0.466 e. The van der Waals surface area contributed by atoms with Gasteiger partial charge >= 0.3 is 5.97 Å². The molecule has 0 N–H and O–H groups in total. The highest BCUT2D eigenvalue weighted by Crippen LogP contribution is 2.28. The first kappa shape index (κ1) is 14.2. The number of esters is 1. The van der Waals surface area contributed by atoms with Gasteiger partial charge in [-0.05, 0) is 20.8 Å². The van der Waals surface area contributed by atoms with Gasteiger partial charge in [0.25, 0.3) is 0 Å². The van der Waals surface area contributed by atoms with Gasteiger partial charge < -0.3 is 4.74 Å². The lowest BCUT2D eigenvalue weighted by atomic mass is 10.3. The smallest absolute Gasteiger partial charge is 0.311 e. The number of carbonyl (C=O) groups is 1. The van der Waals surface area contributed by atoms with E-state index in [0.717, 1.165) is 31.9 Å². The van der Waals surface area contributed by atoms with Crippen molar-refractivity contribution in [3.05, 3.63) is 27.2 Å². The third-order valence-electron chi connectivity index (χ3n) is 3.06. The zero-order valence-corrected chi connectivity index (χ0v) is 13.7. The van der Waals surface area contributed by atoms with Crippen molar-refractivity contribution < 1.29 is 9.53 Å². The average Bonchev–Trinajstić information content (AvgIpc) is 3.06. The van der Waals surface area contributed by atoms with Crippen molar-refractivity contribution in [1.82, 2.24) is 14.4 Å². The molecule has 0 spiro atoms. The van der Waals surface area contributed by atoms with Gasteiger partial charge in [0.1, 0.15) is 11.4 Å². The lowest BCUT2D eigenvalue weighted by Crippen LogP contribution is -2.08. The molecule has 0 aliphatic heterocycles. The van der Waals surface area contributed by atoms with Crippen molar-refractivity contribution in [3.63, 3.8) is 0 Å². The molecule has 7 heteroatoms. The molecule has 0 atom stereocenters. The third kappa shape index (κ3) is 2.71. The largest absolute Gasteiger partial charge is 0.466 e. The Morgan fingerprint density at radius 1 is 1.38 bits per heavy atom. The fraction of sp³-hybridized carbons (Fsp3) is 0.357. The summed E-state index contributed by atoms with van der Waals surface area (Å²) < 4.78 is 6.95. The Bertz CT molecular complexity index is 800. The number of aryl methyl sites for hydroxylation is 2. The van der Waals surface area contributed by atoms with Crippen LogP contribution in [0, 0.1) is 13.8 Å². The number of ether oxygens (including phenoxy) is 1. The SMILES string of the molecule is CCOC(=O)Cc1csc2nc(-c3nc(C)sc3C)cn12. The average molecular weight is 321 g/mol. The topological polar surface area (TPSA) is 56.5 Å². The molecule has 0 aliphatic rings. The van der Waals surface area contributed by atoms with Crippen LogP contribution in [0.4, 0.5) is 0 Å². The highest BCUT2D eigenvalue weighted by molar-refractivity contribution is 7.15. The molecule has 0 saturated carbocycles. The first-order valence-electron chi connectivity index (χ1n) is 6.64. The summed E-state index contributed by atoms with van der Waals surface area (Å²) in [6.07, 6.45) is 2.21. The fourth-order valence-corrected chi connectivity index (χ4v) is 3.90. The van der Waals surface area contributed by atoms with Gasteiger partial charge in [0.05, 0.1) is 18.0 Å². The van der Waals surface area contributed by atoms with Crippen LogP contribution in [0.5, 0.6) is 0 Å². The summed E-state index contributed by atoms with van der Waals surface area (Å²) in [5.74, 6) is -0.215. The van der Waals surface area contributed by atoms with E-state index in [2.05, 4.69) is 9.97 Å². The molecule has 21 heavy (non-hydrogen) atoms. The predicted octanol–water partition coefficient (Wildman–Crippen LogP) is 3.24. The Labute approximate surface area is 130 Å². The molecule has 0 radical (unpaired) electrons. The number of hydrogen-bond acceptors (Lipinski definition) is 6. The molecule has 0 bridgehead atoms. The van der Waals surface area contributed by atoms with Crippen LogP contribution in [-0.4, -0.2) is 26.9 Å². The molecule has 5 nitrogen and oxygen atoms in total. The Morgan fingerprint density at radius 3 is 2.86 bits per heavy atom. The van der Waals surface area contributed by atoms with E-state index in [1.807, 2.05) is 36.7 Å². The number of thiazole rings is 2. The number of imidazole rings is 1. The number of aromatic nitrogens is 3. The lowest BCUT2D eigenvalue weighted by Gasteiger charge is -2.00. The number of carbonyl (C=O) groups excluding carboxylic acids is 1. The van der Waals surface area contributed by atoms with Gasteiger partial charge in [0.2, 0.25) is 0 Å². The zero-order valence-electron chi connectivity index (χ0n) is 12.0. The molecule has 110 valence electrons. The molecular weight excluding hydrogens is 306 g/mol. The molecule has 0 aromatic carbocycles. The van der Waals surface area contributed by atoms with E-state index in [-0.39, 0.29) is 12.4 Å². The molecule has 0 saturated heterocycles. The van der Waals surface area contributed by atoms with Gasteiger partial charge in [-0.1, -0.05) is 0 Å². The number of rotatable bonds is 4. The molecule has 0 fully saturated rings. The lowest BCUT2D eigenvalue weighted by molar-refractivity contribution is -0.142. The van der Waals surface area contributed by atoms with E-state index in [4.69, 9.17) is 4.74 Å². The van der Waals surface area contributed by atoms with Crippen LogP contribution in [0.2, 0.25) is 0 Å². The zero-order chi connectivity index (χ0) is 15.0. The highest BCUT2D eigenvalue weighted by atomic mass is 32.1. The molecule has 0 unspecified atom stereocenters. The Hall–Kier alpha value is -1.73. The molecule has 3 heterocycles. The molecule has 0 aliphatic carbocycles. The van der Waals surface area contributed by atoms with Crippen LogP contribution in [0.3, 0.4) is 0 Å². The van der Waals surface area contributed by atoms with Gasteiger partial charge in [-0.25, -0.2) is 9.97 Å². The Morgan fingerprint density at radius 2 is 2.19 bits per heavy atom. The van der Waals surface area contributed by atoms with E-state index < -0.39 is 0 Å². The second-order valence-electron chi connectivity index (χ2n) is 4.63. The van der Waals surface area contributed by atoms with E-state index >= 15 is 0 Å². The van der Waals surface area contributed by atoms with Crippen molar-refractivity contribution in [2.45, 2.75) is 27.2 Å². The normalized spacial score (nSPS) is 11.2. The van der Waals surface area contributed by atoms with E-state index in [1.54, 1.807) is 11.3 Å². The maximum absolute atomic E-state index is 11.6. The number of fused-ring (bicyclic) bond motifs is 1. The molecule has 0 amide bonds. The van der Waals surface area contributed by atoms with Crippen LogP contribution in [0.15, 0.2) is 11.6 Å². The predicted molar refractivity (Wildman–Crippen MR) is 84.0 cm³/mol. The monoisotopic (exact) mass is 321 g/mol. The van der Waals surface area contributed by atoms with Crippen molar-refractivity contribution in [3.8, 4) is 11.4 Å². The summed E-state index contributed by atoms with van der Waals surface area (Å²) in [5, 5.41) is 2.98. The van der Waals surface area contributed by atoms with Crippen molar-refractivity contribution in [2.24, 2.45) is 0 Å².